The van der Waals surface area contributed by atoms with Gasteiger partial charge in [-0.1, -0.05) is 20.8 Å². The molecule has 1 heterocycles. The number of hydrogen-bond donors (Lipinski definition) is 1. The largest absolute Gasteiger partial charge is 0.481 e. The molecule has 0 aliphatic carbocycles. The van der Waals surface area contributed by atoms with E-state index in [4.69, 9.17) is 10.5 Å². The van der Waals surface area contributed by atoms with Crippen LogP contribution in [0.4, 0.5) is 0 Å². The number of hydrogen-bond acceptors (Lipinski definition) is 4. The van der Waals surface area contributed by atoms with E-state index < -0.39 is 0 Å². The monoisotopic (exact) mass is 209 g/mol. The second kappa shape index (κ2) is 4.57. The average Bonchev–Trinajstić information content (AvgIpc) is 2.17. The third-order valence-electron chi connectivity index (χ3n) is 2.20. The van der Waals surface area contributed by atoms with Crippen molar-refractivity contribution >= 4 is 0 Å². The lowest BCUT2D eigenvalue weighted by Crippen LogP contribution is -2.19. The van der Waals surface area contributed by atoms with Gasteiger partial charge in [0.25, 0.3) is 0 Å². The summed E-state index contributed by atoms with van der Waals surface area (Å²) in [6.07, 6.45) is 2.29. The third-order valence-corrected chi connectivity index (χ3v) is 2.20. The van der Waals surface area contributed by atoms with Crippen LogP contribution in [0.15, 0.2) is 6.33 Å². The summed E-state index contributed by atoms with van der Waals surface area (Å²) in [6.45, 7) is 6.94. The molecule has 1 aromatic heterocycles. The summed E-state index contributed by atoms with van der Waals surface area (Å²) in [4.78, 5) is 8.43. The van der Waals surface area contributed by atoms with Crippen LogP contribution in [0, 0.1) is 0 Å². The van der Waals surface area contributed by atoms with E-state index in [0.717, 1.165) is 17.7 Å². The highest BCUT2D eigenvalue weighted by molar-refractivity contribution is 5.34. The zero-order chi connectivity index (χ0) is 11.5. The fraction of sp³-hybridized carbons (Fsp3) is 0.636. The molecule has 0 unspecified atom stereocenters. The number of rotatable bonds is 3. The first-order valence-corrected chi connectivity index (χ1v) is 5.09. The fourth-order valence-corrected chi connectivity index (χ4v) is 1.59. The summed E-state index contributed by atoms with van der Waals surface area (Å²) in [6, 6.07) is 0. The fourth-order valence-electron chi connectivity index (χ4n) is 1.59. The molecular weight excluding hydrogens is 190 g/mol. The summed E-state index contributed by atoms with van der Waals surface area (Å²) in [7, 11) is 1.62. The van der Waals surface area contributed by atoms with E-state index in [1.54, 1.807) is 13.4 Å². The Balaban J connectivity index is 3.25. The zero-order valence-electron chi connectivity index (χ0n) is 9.87. The number of nitrogens with two attached hydrogens (primary N) is 1. The lowest BCUT2D eigenvalue weighted by molar-refractivity contribution is 0.386. The first kappa shape index (κ1) is 11.9. The second-order valence-electron chi connectivity index (χ2n) is 4.50. The van der Waals surface area contributed by atoms with Gasteiger partial charge in [0.1, 0.15) is 6.33 Å². The van der Waals surface area contributed by atoms with Gasteiger partial charge in [-0.2, -0.15) is 0 Å². The van der Waals surface area contributed by atoms with Gasteiger partial charge in [-0.25, -0.2) is 9.97 Å². The Morgan fingerprint density at radius 1 is 1.33 bits per heavy atom. The zero-order valence-corrected chi connectivity index (χ0v) is 9.87. The Bertz CT molecular complexity index is 331. The molecule has 0 aliphatic rings. The van der Waals surface area contributed by atoms with Gasteiger partial charge in [-0.3, -0.25) is 0 Å². The molecule has 0 bridgehead atoms. The standard InChI is InChI=1S/C11H19N3O/c1-11(2,3)9-8(5-6-12)10(15-4)14-7-13-9/h7H,5-6,12H2,1-4H3. The molecule has 0 amide bonds. The SMILES string of the molecule is COc1ncnc(C(C)(C)C)c1CCN. The maximum absolute atomic E-state index is 5.59. The molecule has 0 saturated carbocycles. The van der Waals surface area contributed by atoms with Crippen molar-refractivity contribution in [3.63, 3.8) is 0 Å². The first-order valence-electron chi connectivity index (χ1n) is 5.09. The van der Waals surface area contributed by atoms with Crippen molar-refractivity contribution in [2.24, 2.45) is 5.73 Å². The molecule has 0 fully saturated rings. The number of nitrogens with zero attached hydrogens (tertiary/aromatic N) is 2. The van der Waals surface area contributed by atoms with Crippen LogP contribution in [0.1, 0.15) is 32.0 Å². The summed E-state index contributed by atoms with van der Waals surface area (Å²) in [5.74, 6) is 0.639. The molecular formula is C11H19N3O. The summed E-state index contributed by atoms with van der Waals surface area (Å²) < 4.78 is 5.23. The van der Waals surface area contributed by atoms with Crippen molar-refractivity contribution in [3.05, 3.63) is 17.6 Å². The molecule has 4 heteroatoms. The summed E-state index contributed by atoms with van der Waals surface area (Å²) in [5.41, 5.74) is 7.61. The van der Waals surface area contributed by atoms with Gasteiger partial charge < -0.3 is 10.5 Å². The minimum atomic E-state index is -0.0132. The molecule has 84 valence electrons. The van der Waals surface area contributed by atoms with Gasteiger partial charge in [-0.15, -0.1) is 0 Å². The molecule has 0 radical (unpaired) electrons. The summed E-state index contributed by atoms with van der Waals surface area (Å²) >= 11 is 0. The first-order chi connectivity index (χ1) is 7.00. The van der Waals surface area contributed by atoms with Crippen LogP contribution in [0.3, 0.4) is 0 Å². The van der Waals surface area contributed by atoms with E-state index >= 15 is 0 Å². The highest BCUT2D eigenvalue weighted by Crippen LogP contribution is 2.28. The van der Waals surface area contributed by atoms with E-state index in [2.05, 4.69) is 30.7 Å². The van der Waals surface area contributed by atoms with Gasteiger partial charge in [0, 0.05) is 11.0 Å². The maximum atomic E-state index is 5.59. The van der Waals surface area contributed by atoms with Crippen LogP contribution < -0.4 is 10.5 Å². The molecule has 0 aromatic carbocycles. The Morgan fingerprint density at radius 3 is 2.47 bits per heavy atom. The molecule has 4 nitrogen and oxygen atoms in total. The van der Waals surface area contributed by atoms with Crippen LogP contribution in [-0.4, -0.2) is 23.6 Å². The van der Waals surface area contributed by atoms with Crippen molar-refractivity contribution in [1.29, 1.82) is 0 Å². The number of aromatic nitrogens is 2. The second-order valence-corrected chi connectivity index (χ2v) is 4.50. The molecule has 1 aromatic rings. The molecule has 0 aliphatic heterocycles. The molecule has 2 N–H and O–H groups in total. The molecule has 15 heavy (non-hydrogen) atoms. The maximum Gasteiger partial charge on any atom is 0.219 e. The highest BCUT2D eigenvalue weighted by Gasteiger charge is 2.22. The van der Waals surface area contributed by atoms with Crippen LogP contribution in [0.25, 0.3) is 0 Å². The Morgan fingerprint density at radius 2 is 2.00 bits per heavy atom. The van der Waals surface area contributed by atoms with Crippen LogP contribution in [-0.2, 0) is 11.8 Å². The Hall–Kier alpha value is -1.16. The van der Waals surface area contributed by atoms with E-state index in [1.165, 1.54) is 0 Å². The molecule has 1 rings (SSSR count). The lowest BCUT2D eigenvalue weighted by Gasteiger charge is -2.22. The van der Waals surface area contributed by atoms with E-state index in [-0.39, 0.29) is 5.41 Å². The minimum Gasteiger partial charge on any atom is -0.481 e. The van der Waals surface area contributed by atoms with Gasteiger partial charge in [0.2, 0.25) is 5.88 Å². The van der Waals surface area contributed by atoms with Crippen LogP contribution >= 0.6 is 0 Å². The Kier molecular flexibility index (Phi) is 3.63. The van der Waals surface area contributed by atoms with Gasteiger partial charge in [0.05, 0.1) is 12.8 Å². The van der Waals surface area contributed by atoms with Crippen molar-refractivity contribution in [1.82, 2.24) is 9.97 Å². The number of ether oxygens (including phenoxy) is 1. The van der Waals surface area contributed by atoms with Gasteiger partial charge in [-0.05, 0) is 13.0 Å². The normalized spacial score (nSPS) is 11.5. The number of methoxy groups -OCH3 is 1. The minimum absolute atomic E-state index is 0.0132. The molecule has 0 spiro atoms. The predicted octanol–water partition coefficient (Wildman–Crippen LogP) is 1.28. The van der Waals surface area contributed by atoms with E-state index in [0.29, 0.717) is 12.4 Å². The van der Waals surface area contributed by atoms with Crippen LogP contribution in [0.5, 0.6) is 5.88 Å². The lowest BCUT2D eigenvalue weighted by atomic mass is 9.88. The van der Waals surface area contributed by atoms with Crippen molar-refractivity contribution in [2.45, 2.75) is 32.6 Å². The summed E-state index contributed by atoms with van der Waals surface area (Å²) in [5, 5.41) is 0. The van der Waals surface area contributed by atoms with E-state index in [9.17, 15) is 0 Å². The molecule has 0 saturated heterocycles. The Labute approximate surface area is 90.9 Å². The van der Waals surface area contributed by atoms with E-state index in [1.807, 2.05) is 0 Å². The smallest absolute Gasteiger partial charge is 0.219 e. The highest BCUT2D eigenvalue weighted by atomic mass is 16.5. The topological polar surface area (TPSA) is 61.0 Å². The van der Waals surface area contributed by atoms with Crippen molar-refractivity contribution in [2.75, 3.05) is 13.7 Å². The molecule has 0 atom stereocenters. The van der Waals surface area contributed by atoms with Gasteiger partial charge in [0.15, 0.2) is 0 Å². The third kappa shape index (κ3) is 2.65. The van der Waals surface area contributed by atoms with Crippen molar-refractivity contribution in [3.8, 4) is 5.88 Å². The predicted molar refractivity (Wildman–Crippen MR) is 60.0 cm³/mol. The average molecular weight is 209 g/mol. The quantitative estimate of drug-likeness (QED) is 0.814. The van der Waals surface area contributed by atoms with Crippen molar-refractivity contribution < 1.29 is 4.74 Å². The van der Waals surface area contributed by atoms with Gasteiger partial charge >= 0.3 is 0 Å². The van der Waals surface area contributed by atoms with Crippen LogP contribution in [0.2, 0.25) is 0 Å².